The molecular weight excluding hydrogens is 248 g/mol. The molecule has 1 N–H and O–H groups in total. The highest BCUT2D eigenvalue weighted by molar-refractivity contribution is 7.99. The van der Waals surface area contributed by atoms with Crippen LogP contribution in [-0.4, -0.2) is 32.3 Å². The number of hydrogen-bond acceptors (Lipinski definition) is 4. The second kappa shape index (κ2) is 5.86. The maximum Gasteiger partial charge on any atom is 0.230 e. The van der Waals surface area contributed by atoms with Crippen molar-refractivity contribution in [2.45, 2.75) is 31.5 Å². The molecule has 0 bridgehead atoms. The lowest BCUT2D eigenvalue weighted by atomic mass is 10.3. The van der Waals surface area contributed by atoms with E-state index in [0.29, 0.717) is 5.75 Å². The number of hydrogen-bond donors (Lipinski definition) is 1. The van der Waals surface area contributed by atoms with Gasteiger partial charge in [0.15, 0.2) is 10.8 Å². The van der Waals surface area contributed by atoms with Crippen molar-refractivity contribution in [2.24, 2.45) is 0 Å². The molecule has 5 nitrogen and oxygen atoms in total. The quantitative estimate of drug-likeness (QED) is 0.836. The molecule has 0 aliphatic rings. The van der Waals surface area contributed by atoms with E-state index in [0.717, 1.165) is 17.2 Å². The lowest BCUT2D eigenvalue weighted by Gasteiger charge is -2.10. The van der Waals surface area contributed by atoms with Crippen LogP contribution in [-0.2, 0) is 4.79 Å². The molecule has 2 aromatic heterocycles. The number of carbonyl (C=O) groups excluding carboxylic acids is 1. The lowest BCUT2D eigenvalue weighted by Crippen LogP contribution is -2.33. The SMILES string of the molecule is CC[C@@H](C)NC(=O)CSc1nnc2ccccn12. The number of fused-ring (bicyclic) bond motifs is 1. The normalized spacial score (nSPS) is 12.6. The van der Waals surface area contributed by atoms with Crippen LogP contribution in [0.15, 0.2) is 29.6 Å². The summed E-state index contributed by atoms with van der Waals surface area (Å²) in [4.78, 5) is 11.7. The Morgan fingerprint density at radius 1 is 1.50 bits per heavy atom. The first kappa shape index (κ1) is 12.9. The average Bonchev–Trinajstić information content (AvgIpc) is 2.79. The van der Waals surface area contributed by atoms with Crippen LogP contribution < -0.4 is 5.32 Å². The standard InChI is InChI=1S/C12H16N4OS/c1-3-9(2)13-11(17)8-18-12-15-14-10-6-4-5-7-16(10)12/h4-7,9H,3,8H2,1-2H3,(H,13,17)/t9-/m1/s1. The van der Waals surface area contributed by atoms with Gasteiger partial charge in [0.05, 0.1) is 5.75 Å². The second-order valence-electron chi connectivity index (χ2n) is 4.08. The largest absolute Gasteiger partial charge is 0.353 e. The van der Waals surface area contributed by atoms with Crippen LogP contribution >= 0.6 is 11.8 Å². The Bertz CT molecular complexity index is 540. The first-order valence-electron chi connectivity index (χ1n) is 5.92. The van der Waals surface area contributed by atoms with Gasteiger partial charge in [-0.3, -0.25) is 9.20 Å². The number of amides is 1. The van der Waals surface area contributed by atoms with Gasteiger partial charge in [0, 0.05) is 12.2 Å². The number of aromatic nitrogens is 3. The third-order valence-electron chi connectivity index (χ3n) is 2.63. The van der Waals surface area contributed by atoms with Crippen molar-refractivity contribution in [3.8, 4) is 0 Å². The van der Waals surface area contributed by atoms with Gasteiger partial charge in [-0.1, -0.05) is 24.8 Å². The van der Waals surface area contributed by atoms with Crippen LogP contribution in [0.2, 0.25) is 0 Å². The summed E-state index contributed by atoms with van der Waals surface area (Å²) in [5.41, 5.74) is 0.794. The lowest BCUT2D eigenvalue weighted by molar-refractivity contribution is -0.119. The average molecular weight is 264 g/mol. The Balaban J connectivity index is 1.96. The molecule has 0 saturated carbocycles. The Hall–Kier alpha value is -1.56. The molecule has 0 unspecified atom stereocenters. The van der Waals surface area contributed by atoms with Crippen molar-refractivity contribution >= 4 is 23.3 Å². The summed E-state index contributed by atoms with van der Waals surface area (Å²) in [6, 6.07) is 5.93. The Morgan fingerprint density at radius 2 is 2.33 bits per heavy atom. The summed E-state index contributed by atoms with van der Waals surface area (Å²) < 4.78 is 1.88. The summed E-state index contributed by atoms with van der Waals surface area (Å²) in [6.45, 7) is 4.04. The summed E-state index contributed by atoms with van der Waals surface area (Å²) in [7, 11) is 0. The van der Waals surface area contributed by atoms with E-state index in [2.05, 4.69) is 15.5 Å². The second-order valence-corrected chi connectivity index (χ2v) is 5.02. The predicted molar refractivity (Wildman–Crippen MR) is 71.6 cm³/mol. The highest BCUT2D eigenvalue weighted by atomic mass is 32.2. The molecule has 1 atom stereocenters. The summed E-state index contributed by atoms with van der Waals surface area (Å²) in [5.74, 6) is 0.391. The third kappa shape index (κ3) is 3.01. The van der Waals surface area contributed by atoms with Crippen LogP contribution in [0.5, 0.6) is 0 Å². The van der Waals surface area contributed by atoms with Crippen molar-refractivity contribution in [3.05, 3.63) is 24.4 Å². The number of rotatable bonds is 5. The predicted octanol–water partition coefficient (Wildman–Crippen LogP) is 1.74. The molecular formula is C12H16N4OS. The fourth-order valence-electron chi connectivity index (χ4n) is 1.47. The molecule has 0 fully saturated rings. The molecule has 0 aliphatic heterocycles. The zero-order chi connectivity index (χ0) is 13.0. The van der Waals surface area contributed by atoms with Crippen LogP contribution in [0.25, 0.3) is 5.65 Å². The van der Waals surface area contributed by atoms with Crippen LogP contribution in [0.4, 0.5) is 0 Å². The van der Waals surface area contributed by atoms with E-state index in [1.54, 1.807) is 0 Å². The van der Waals surface area contributed by atoms with Crippen LogP contribution in [0.3, 0.4) is 0 Å². The number of nitrogens with one attached hydrogen (secondary N) is 1. The van der Waals surface area contributed by atoms with E-state index >= 15 is 0 Å². The highest BCUT2D eigenvalue weighted by Gasteiger charge is 2.09. The van der Waals surface area contributed by atoms with Gasteiger partial charge in [0.2, 0.25) is 5.91 Å². The monoisotopic (exact) mass is 264 g/mol. The molecule has 2 rings (SSSR count). The van der Waals surface area contributed by atoms with Gasteiger partial charge in [-0.25, -0.2) is 0 Å². The smallest absolute Gasteiger partial charge is 0.230 e. The summed E-state index contributed by atoms with van der Waals surface area (Å²) in [6.07, 6.45) is 2.83. The minimum atomic E-state index is 0.0297. The van der Waals surface area contributed by atoms with Gasteiger partial charge in [-0.15, -0.1) is 10.2 Å². The number of pyridine rings is 1. The molecule has 0 saturated heterocycles. The molecule has 0 aromatic carbocycles. The van der Waals surface area contributed by atoms with Gasteiger partial charge in [-0.2, -0.15) is 0 Å². The summed E-state index contributed by atoms with van der Waals surface area (Å²) in [5, 5.41) is 11.8. The fraction of sp³-hybridized carbons (Fsp3) is 0.417. The zero-order valence-electron chi connectivity index (χ0n) is 10.5. The van der Waals surface area contributed by atoms with Gasteiger partial charge < -0.3 is 5.32 Å². The first-order chi connectivity index (χ1) is 8.70. The fourth-order valence-corrected chi connectivity index (χ4v) is 2.20. The molecule has 0 radical (unpaired) electrons. The first-order valence-corrected chi connectivity index (χ1v) is 6.91. The minimum Gasteiger partial charge on any atom is -0.353 e. The minimum absolute atomic E-state index is 0.0297. The molecule has 2 heterocycles. The van der Waals surface area contributed by atoms with E-state index in [1.807, 2.05) is 42.6 Å². The molecule has 1 amide bonds. The van der Waals surface area contributed by atoms with Gasteiger partial charge in [0.25, 0.3) is 0 Å². The molecule has 6 heteroatoms. The number of nitrogens with zero attached hydrogens (tertiary/aromatic N) is 3. The zero-order valence-corrected chi connectivity index (χ0v) is 11.3. The van der Waals surface area contributed by atoms with E-state index in [9.17, 15) is 4.79 Å². The van der Waals surface area contributed by atoms with Crippen molar-refractivity contribution in [2.75, 3.05) is 5.75 Å². The van der Waals surface area contributed by atoms with Crippen LogP contribution in [0, 0.1) is 0 Å². The van der Waals surface area contributed by atoms with E-state index in [1.165, 1.54) is 11.8 Å². The van der Waals surface area contributed by atoms with Gasteiger partial charge >= 0.3 is 0 Å². The number of carbonyl (C=O) groups is 1. The van der Waals surface area contributed by atoms with Crippen molar-refractivity contribution in [1.82, 2.24) is 19.9 Å². The molecule has 0 spiro atoms. The Morgan fingerprint density at radius 3 is 3.11 bits per heavy atom. The maximum absolute atomic E-state index is 11.7. The molecule has 18 heavy (non-hydrogen) atoms. The maximum atomic E-state index is 11.7. The Labute approximate surface area is 110 Å². The van der Waals surface area contributed by atoms with Crippen molar-refractivity contribution in [3.63, 3.8) is 0 Å². The van der Waals surface area contributed by atoms with Gasteiger partial charge in [-0.05, 0) is 25.5 Å². The number of thioether (sulfide) groups is 1. The van der Waals surface area contributed by atoms with E-state index < -0.39 is 0 Å². The molecule has 0 aliphatic carbocycles. The van der Waals surface area contributed by atoms with Gasteiger partial charge in [0.1, 0.15) is 0 Å². The topological polar surface area (TPSA) is 59.3 Å². The van der Waals surface area contributed by atoms with Crippen LogP contribution in [0.1, 0.15) is 20.3 Å². The highest BCUT2D eigenvalue weighted by Crippen LogP contribution is 2.16. The third-order valence-corrected chi connectivity index (χ3v) is 3.58. The Kier molecular flexibility index (Phi) is 4.19. The summed E-state index contributed by atoms with van der Waals surface area (Å²) >= 11 is 1.39. The molecule has 2 aromatic rings. The molecule has 96 valence electrons. The van der Waals surface area contributed by atoms with E-state index in [4.69, 9.17) is 0 Å². The van der Waals surface area contributed by atoms with E-state index in [-0.39, 0.29) is 11.9 Å². The van der Waals surface area contributed by atoms with Crippen molar-refractivity contribution in [1.29, 1.82) is 0 Å². The van der Waals surface area contributed by atoms with Crippen molar-refractivity contribution < 1.29 is 4.79 Å².